The Labute approximate surface area is 177 Å². The fourth-order valence-corrected chi connectivity index (χ4v) is 6.23. The average molecular weight is 435 g/mol. The van der Waals surface area contributed by atoms with E-state index >= 15 is 0 Å². The molecular weight excluding hydrogens is 404 g/mol. The Bertz CT molecular complexity index is 1010. The van der Waals surface area contributed by atoms with E-state index in [1.807, 2.05) is 6.92 Å². The van der Waals surface area contributed by atoms with Crippen molar-refractivity contribution < 1.29 is 13.2 Å². The van der Waals surface area contributed by atoms with Gasteiger partial charge in [0.15, 0.2) is 0 Å². The molecule has 0 aromatic carbocycles. The van der Waals surface area contributed by atoms with Crippen LogP contribution in [-0.4, -0.2) is 57.7 Å². The molecule has 1 aliphatic carbocycles. The maximum Gasteiger partial charge on any atom is 0.271 e. The summed E-state index contributed by atoms with van der Waals surface area (Å²) in [5, 5.41) is 14.4. The molecule has 164 valence electrons. The molecule has 1 atom stereocenters. The average Bonchev–Trinajstić information content (AvgIpc) is 3.49. The maximum atomic E-state index is 13.2. The highest BCUT2D eigenvalue weighted by Gasteiger charge is 2.34. The Morgan fingerprint density at radius 1 is 1.27 bits per heavy atom. The molecule has 2 N–H and O–H groups in total. The van der Waals surface area contributed by atoms with E-state index in [9.17, 15) is 13.2 Å². The topological polar surface area (TPSA) is 113 Å². The number of hydrogen-bond acceptors (Lipinski definition) is 5. The summed E-state index contributed by atoms with van der Waals surface area (Å²) < 4.78 is 29.6. The summed E-state index contributed by atoms with van der Waals surface area (Å²) in [6.45, 7) is 5.20. The molecule has 1 saturated carbocycles. The van der Waals surface area contributed by atoms with Gasteiger partial charge in [-0.3, -0.25) is 14.6 Å². The van der Waals surface area contributed by atoms with E-state index in [4.69, 9.17) is 0 Å². The molecule has 10 heteroatoms. The Morgan fingerprint density at radius 2 is 2.03 bits per heavy atom. The number of carbonyl (C=O) groups excluding carboxylic acids is 1. The third-order valence-electron chi connectivity index (χ3n) is 6.32. The third kappa shape index (κ3) is 4.02. The standard InChI is InChI=1S/C20H30N6O3S/c1-3-26-14(2)19(12-21-26)30(28,29)25-10-6-7-15(13-25)17-11-18(24-23-17)20(27)22-16-8-4-5-9-16/h11-12,15-16H,3-10,13H2,1-2H3,(H,22,27)(H,23,24). The van der Waals surface area contributed by atoms with E-state index in [-0.39, 0.29) is 22.8 Å². The van der Waals surface area contributed by atoms with Crippen molar-refractivity contribution in [3.05, 3.63) is 29.3 Å². The number of H-pyrrole nitrogens is 1. The van der Waals surface area contributed by atoms with Crippen LogP contribution in [0.1, 0.15) is 73.2 Å². The van der Waals surface area contributed by atoms with Gasteiger partial charge >= 0.3 is 0 Å². The molecule has 30 heavy (non-hydrogen) atoms. The van der Waals surface area contributed by atoms with Crippen LogP contribution in [0.3, 0.4) is 0 Å². The Kier molecular flexibility index (Phi) is 5.97. The summed E-state index contributed by atoms with van der Waals surface area (Å²) in [5.74, 6) is -0.178. The minimum absolute atomic E-state index is 0.0180. The zero-order valence-corrected chi connectivity index (χ0v) is 18.4. The van der Waals surface area contributed by atoms with Gasteiger partial charge in [0.05, 0.1) is 11.9 Å². The van der Waals surface area contributed by atoms with Crippen LogP contribution in [0, 0.1) is 6.92 Å². The molecule has 3 heterocycles. The van der Waals surface area contributed by atoms with Crippen molar-refractivity contribution in [1.82, 2.24) is 29.6 Å². The number of piperidine rings is 1. The number of amides is 1. The van der Waals surface area contributed by atoms with Crippen LogP contribution in [0.15, 0.2) is 17.2 Å². The third-order valence-corrected chi connectivity index (χ3v) is 8.29. The molecule has 0 bridgehead atoms. The second kappa shape index (κ2) is 8.50. The highest BCUT2D eigenvalue weighted by molar-refractivity contribution is 7.89. The number of aromatic nitrogens is 4. The van der Waals surface area contributed by atoms with Crippen molar-refractivity contribution in [3.8, 4) is 0 Å². The highest BCUT2D eigenvalue weighted by atomic mass is 32.2. The number of sulfonamides is 1. The Hall–Kier alpha value is -2.20. The van der Waals surface area contributed by atoms with E-state index in [1.54, 1.807) is 17.7 Å². The fourth-order valence-electron chi connectivity index (χ4n) is 4.55. The van der Waals surface area contributed by atoms with E-state index in [1.165, 1.54) is 10.5 Å². The maximum absolute atomic E-state index is 13.2. The molecule has 2 aromatic heterocycles. The zero-order chi connectivity index (χ0) is 21.3. The molecule has 2 aromatic rings. The number of aromatic amines is 1. The number of rotatable bonds is 6. The van der Waals surface area contributed by atoms with Gasteiger partial charge in [0, 0.05) is 37.3 Å². The lowest BCUT2D eigenvalue weighted by atomic mass is 9.96. The highest BCUT2D eigenvalue weighted by Crippen LogP contribution is 2.30. The summed E-state index contributed by atoms with van der Waals surface area (Å²) in [4.78, 5) is 12.7. The lowest BCUT2D eigenvalue weighted by Crippen LogP contribution is -2.39. The Balaban J connectivity index is 1.47. The molecule has 0 radical (unpaired) electrons. The predicted octanol–water partition coefficient (Wildman–Crippen LogP) is 2.18. The molecular formula is C20H30N6O3S. The van der Waals surface area contributed by atoms with Crippen LogP contribution in [0.5, 0.6) is 0 Å². The molecule has 2 aliphatic rings. The first-order valence-electron chi connectivity index (χ1n) is 10.8. The summed E-state index contributed by atoms with van der Waals surface area (Å²) in [7, 11) is -3.61. The van der Waals surface area contributed by atoms with Crippen LogP contribution in [0.2, 0.25) is 0 Å². The van der Waals surface area contributed by atoms with Crippen molar-refractivity contribution in [2.45, 2.75) is 75.8 Å². The summed E-state index contributed by atoms with van der Waals surface area (Å²) in [5.41, 5.74) is 1.84. The lowest BCUT2D eigenvalue weighted by Gasteiger charge is -2.31. The van der Waals surface area contributed by atoms with Crippen molar-refractivity contribution in [1.29, 1.82) is 0 Å². The van der Waals surface area contributed by atoms with Gasteiger partial charge in [-0.15, -0.1) is 0 Å². The molecule has 0 spiro atoms. The number of nitrogens with zero attached hydrogens (tertiary/aromatic N) is 4. The van der Waals surface area contributed by atoms with Crippen LogP contribution in [0.4, 0.5) is 0 Å². The molecule has 1 saturated heterocycles. The Morgan fingerprint density at radius 3 is 2.73 bits per heavy atom. The largest absolute Gasteiger partial charge is 0.348 e. The fraction of sp³-hybridized carbons (Fsp3) is 0.650. The van der Waals surface area contributed by atoms with Crippen LogP contribution >= 0.6 is 0 Å². The number of aryl methyl sites for hydroxylation is 1. The summed E-state index contributed by atoms with van der Waals surface area (Å²) >= 11 is 0. The van der Waals surface area contributed by atoms with Crippen molar-refractivity contribution in [3.63, 3.8) is 0 Å². The van der Waals surface area contributed by atoms with E-state index < -0.39 is 10.0 Å². The van der Waals surface area contributed by atoms with Crippen molar-refractivity contribution in [2.24, 2.45) is 0 Å². The smallest absolute Gasteiger partial charge is 0.271 e. The van der Waals surface area contributed by atoms with Gasteiger partial charge in [-0.1, -0.05) is 12.8 Å². The molecule has 1 unspecified atom stereocenters. The zero-order valence-electron chi connectivity index (χ0n) is 17.6. The quantitative estimate of drug-likeness (QED) is 0.723. The molecule has 1 aliphatic heterocycles. The second-order valence-corrected chi connectivity index (χ2v) is 10.2. The van der Waals surface area contributed by atoms with Crippen molar-refractivity contribution in [2.75, 3.05) is 13.1 Å². The van der Waals surface area contributed by atoms with Crippen LogP contribution in [-0.2, 0) is 16.6 Å². The van der Waals surface area contributed by atoms with E-state index in [0.717, 1.165) is 44.2 Å². The molecule has 1 amide bonds. The first-order valence-corrected chi connectivity index (χ1v) is 12.2. The van der Waals surface area contributed by atoms with Gasteiger partial charge in [0.1, 0.15) is 10.6 Å². The minimum Gasteiger partial charge on any atom is -0.348 e. The minimum atomic E-state index is -3.61. The summed E-state index contributed by atoms with van der Waals surface area (Å²) in [6.07, 6.45) is 7.40. The number of hydrogen-bond donors (Lipinski definition) is 2. The van der Waals surface area contributed by atoms with Gasteiger partial charge < -0.3 is 5.32 Å². The van der Waals surface area contributed by atoms with Crippen molar-refractivity contribution >= 4 is 15.9 Å². The van der Waals surface area contributed by atoms with Gasteiger partial charge in [-0.25, -0.2) is 8.42 Å². The van der Waals surface area contributed by atoms with E-state index in [2.05, 4.69) is 20.6 Å². The normalized spacial score (nSPS) is 21.2. The van der Waals surface area contributed by atoms with Gasteiger partial charge in [-0.05, 0) is 45.6 Å². The van der Waals surface area contributed by atoms with E-state index in [0.29, 0.717) is 31.0 Å². The monoisotopic (exact) mass is 434 g/mol. The number of carbonyl (C=O) groups is 1. The number of nitrogens with one attached hydrogen (secondary N) is 2. The SMILES string of the molecule is CCn1ncc(S(=O)(=O)N2CCCC(c3cc(C(=O)NC4CCCC4)n[nH]3)C2)c1C. The van der Waals surface area contributed by atoms with Gasteiger partial charge in [0.25, 0.3) is 5.91 Å². The first kappa shape index (κ1) is 21.0. The van der Waals surface area contributed by atoms with Gasteiger partial charge in [-0.2, -0.15) is 14.5 Å². The van der Waals surface area contributed by atoms with Gasteiger partial charge in [0.2, 0.25) is 10.0 Å². The first-order chi connectivity index (χ1) is 14.4. The summed E-state index contributed by atoms with van der Waals surface area (Å²) in [6, 6.07) is 2.01. The molecule has 4 rings (SSSR count). The second-order valence-electron chi connectivity index (χ2n) is 8.28. The van der Waals surface area contributed by atoms with Crippen LogP contribution < -0.4 is 5.32 Å². The molecule has 9 nitrogen and oxygen atoms in total. The predicted molar refractivity (Wildman–Crippen MR) is 112 cm³/mol. The lowest BCUT2D eigenvalue weighted by molar-refractivity contribution is 0.0932. The van der Waals surface area contributed by atoms with Crippen LogP contribution in [0.25, 0.3) is 0 Å². The molecule has 2 fully saturated rings.